The number of ether oxygens (including phenoxy) is 1. The molecule has 1 saturated heterocycles. The smallest absolute Gasteiger partial charge is 0.248 e. The predicted octanol–water partition coefficient (Wildman–Crippen LogP) is -0.228. The normalized spacial score (nSPS) is 16.1. The van der Waals surface area contributed by atoms with Crippen LogP contribution in [-0.4, -0.2) is 60.7 Å². The third-order valence-electron chi connectivity index (χ3n) is 2.77. The van der Waals surface area contributed by atoms with E-state index in [1.165, 1.54) is 7.11 Å². The van der Waals surface area contributed by atoms with Crippen molar-refractivity contribution >= 4 is 11.7 Å². The van der Waals surface area contributed by atoms with E-state index in [4.69, 9.17) is 4.74 Å². The Hall–Kier alpha value is -1.69. The molecule has 17 heavy (non-hydrogen) atoms. The summed E-state index contributed by atoms with van der Waals surface area (Å²) < 4.78 is 4.84. The Kier molecular flexibility index (Phi) is 3.87. The van der Waals surface area contributed by atoms with Crippen LogP contribution in [0.4, 0.5) is 5.82 Å². The Morgan fingerprint density at radius 3 is 2.71 bits per heavy atom. The Balaban J connectivity index is 1.88. The van der Waals surface area contributed by atoms with Gasteiger partial charge in [0.05, 0.1) is 6.20 Å². The highest BCUT2D eigenvalue weighted by Gasteiger charge is 2.21. The molecule has 0 atom stereocenters. The number of methoxy groups -OCH3 is 1. The second-order valence-corrected chi connectivity index (χ2v) is 3.86. The van der Waals surface area contributed by atoms with Gasteiger partial charge in [-0.2, -0.15) is 0 Å². The van der Waals surface area contributed by atoms with Crippen molar-refractivity contribution < 1.29 is 9.53 Å². The minimum atomic E-state index is 0.0475. The molecule has 1 aromatic rings. The first-order valence-electron chi connectivity index (χ1n) is 5.59. The Labute approximate surface area is 100 Å². The zero-order valence-electron chi connectivity index (χ0n) is 9.87. The van der Waals surface area contributed by atoms with E-state index in [1.807, 2.05) is 4.90 Å². The highest BCUT2D eigenvalue weighted by molar-refractivity contribution is 5.77. The van der Waals surface area contributed by atoms with Crippen LogP contribution in [-0.2, 0) is 9.53 Å². The van der Waals surface area contributed by atoms with Gasteiger partial charge in [-0.25, -0.2) is 4.98 Å². The molecule has 0 bridgehead atoms. The van der Waals surface area contributed by atoms with Gasteiger partial charge < -0.3 is 14.5 Å². The number of carbonyl (C=O) groups is 1. The van der Waals surface area contributed by atoms with E-state index in [2.05, 4.69) is 14.9 Å². The van der Waals surface area contributed by atoms with Crippen molar-refractivity contribution in [1.82, 2.24) is 14.9 Å². The molecule has 0 aliphatic carbocycles. The topological polar surface area (TPSA) is 58.6 Å². The van der Waals surface area contributed by atoms with Crippen LogP contribution in [0.3, 0.4) is 0 Å². The van der Waals surface area contributed by atoms with Gasteiger partial charge in [-0.15, -0.1) is 0 Å². The fourth-order valence-electron chi connectivity index (χ4n) is 1.85. The van der Waals surface area contributed by atoms with E-state index in [9.17, 15) is 4.79 Å². The van der Waals surface area contributed by atoms with Crippen LogP contribution in [0.25, 0.3) is 0 Å². The lowest BCUT2D eigenvalue weighted by Crippen LogP contribution is -2.50. The Bertz CT molecular complexity index is 363. The zero-order chi connectivity index (χ0) is 12.1. The zero-order valence-corrected chi connectivity index (χ0v) is 9.87. The van der Waals surface area contributed by atoms with Crippen molar-refractivity contribution in [3.05, 3.63) is 18.6 Å². The molecule has 1 amide bonds. The van der Waals surface area contributed by atoms with Gasteiger partial charge in [-0.3, -0.25) is 9.78 Å². The highest BCUT2D eigenvalue weighted by Crippen LogP contribution is 2.11. The van der Waals surface area contributed by atoms with Gasteiger partial charge in [-0.05, 0) is 0 Å². The quantitative estimate of drug-likeness (QED) is 0.725. The summed E-state index contributed by atoms with van der Waals surface area (Å²) in [5.74, 6) is 0.914. The van der Waals surface area contributed by atoms with E-state index in [-0.39, 0.29) is 12.5 Å². The van der Waals surface area contributed by atoms with Crippen molar-refractivity contribution in [3.8, 4) is 0 Å². The van der Waals surface area contributed by atoms with Gasteiger partial charge >= 0.3 is 0 Å². The Morgan fingerprint density at radius 2 is 2.12 bits per heavy atom. The number of amides is 1. The predicted molar refractivity (Wildman–Crippen MR) is 62.7 cm³/mol. The van der Waals surface area contributed by atoms with Crippen LogP contribution in [0.15, 0.2) is 18.6 Å². The van der Waals surface area contributed by atoms with Crippen LogP contribution < -0.4 is 4.90 Å². The first-order valence-corrected chi connectivity index (χ1v) is 5.59. The maximum absolute atomic E-state index is 11.6. The summed E-state index contributed by atoms with van der Waals surface area (Å²) in [6.07, 6.45) is 5.08. The molecule has 1 fully saturated rings. The van der Waals surface area contributed by atoms with Gasteiger partial charge in [0.1, 0.15) is 12.4 Å². The van der Waals surface area contributed by atoms with Crippen LogP contribution in [0.5, 0.6) is 0 Å². The molecule has 1 aromatic heterocycles. The summed E-state index contributed by atoms with van der Waals surface area (Å²) in [5.41, 5.74) is 0. The summed E-state index contributed by atoms with van der Waals surface area (Å²) in [7, 11) is 1.54. The molecule has 6 nitrogen and oxygen atoms in total. The minimum absolute atomic E-state index is 0.0475. The standard InChI is InChI=1S/C11H16N4O2/c1-17-9-11(16)15-6-4-14(5-7-15)10-8-12-2-3-13-10/h2-3,8H,4-7,9H2,1H3. The number of hydrogen-bond donors (Lipinski definition) is 0. The number of anilines is 1. The molecule has 1 aliphatic heterocycles. The van der Waals surface area contributed by atoms with Crippen molar-refractivity contribution in [1.29, 1.82) is 0 Å². The molecule has 2 heterocycles. The molecule has 92 valence electrons. The molecule has 1 aliphatic rings. The minimum Gasteiger partial charge on any atom is -0.375 e. The third-order valence-corrected chi connectivity index (χ3v) is 2.77. The first-order chi connectivity index (χ1) is 8.31. The number of hydrogen-bond acceptors (Lipinski definition) is 5. The van der Waals surface area contributed by atoms with Crippen LogP contribution >= 0.6 is 0 Å². The second kappa shape index (κ2) is 5.58. The van der Waals surface area contributed by atoms with Gasteiger partial charge in [0.2, 0.25) is 5.91 Å². The maximum atomic E-state index is 11.6. The molecular weight excluding hydrogens is 220 g/mol. The van der Waals surface area contributed by atoms with Crippen LogP contribution in [0.2, 0.25) is 0 Å². The summed E-state index contributed by atoms with van der Waals surface area (Å²) in [5, 5.41) is 0. The van der Waals surface area contributed by atoms with Crippen molar-refractivity contribution in [2.45, 2.75) is 0 Å². The third kappa shape index (κ3) is 2.91. The fourth-order valence-corrected chi connectivity index (χ4v) is 1.85. The van der Waals surface area contributed by atoms with Crippen LogP contribution in [0.1, 0.15) is 0 Å². The fraction of sp³-hybridized carbons (Fsp3) is 0.545. The molecule has 6 heteroatoms. The summed E-state index contributed by atoms with van der Waals surface area (Å²) in [6.45, 7) is 3.14. The van der Waals surface area contributed by atoms with Crippen LogP contribution in [0, 0.1) is 0 Å². The lowest BCUT2D eigenvalue weighted by Gasteiger charge is -2.35. The maximum Gasteiger partial charge on any atom is 0.248 e. The van der Waals surface area contributed by atoms with Crippen molar-refractivity contribution in [2.75, 3.05) is 44.8 Å². The number of rotatable bonds is 3. The van der Waals surface area contributed by atoms with E-state index < -0.39 is 0 Å². The molecule has 0 radical (unpaired) electrons. The van der Waals surface area contributed by atoms with Gasteiger partial charge in [0.25, 0.3) is 0 Å². The van der Waals surface area contributed by atoms with E-state index in [1.54, 1.807) is 18.6 Å². The number of carbonyl (C=O) groups excluding carboxylic acids is 1. The monoisotopic (exact) mass is 236 g/mol. The summed E-state index contributed by atoms with van der Waals surface area (Å²) in [6, 6.07) is 0. The lowest BCUT2D eigenvalue weighted by molar-refractivity contribution is -0.135. The molecule has 0 N–H and O–H groups in total. The highest BCUT2D eigenvalue weighted by atomic mass is 16.5. The van der Waals surface area contributed by atoms with E-state index >= 15 is 0 Å². The largest absolute Gasteiger partial charge is 0.375 e. The summed E-state index contributed by atoms with van der Waals surface area (Å²) in [4.78, 5) is 23.8. The average molecular weight is 236 g/mol. The molecular formula is C11H16N4O2. The number of aromatic nitrogens is 2. The van der Waals surface area contributed by atoms with Crippen molar-refractivity contribution in [3.63, 3.8) is 0 Å². The average Bonchev–Trinajstić information content (AvgIpc) is 2.40. The molecule has 2 rings (SSSR count). The van der Waals surface area contributed by atoms with E-state index in [0.29, 0.717) is 13.1 Å². The number of piperazine rings is 1. The van der Waals surface area contributed by atoms with Gasteiger partial charge in [-0.1, -0.05) is 0 Å². The van der Waals surface area contributed by atoms with Crippen molar-refractivity contribution in [2.24, 2.45) is 0 Å². The van der Waals surface area contributed by atoms with Gasteiger partial charge in [0, 0.05) is 45.7 Å². The molecule has 0 unspecified atom stereocenters. The second-order valence-electron chi connectivity index (χ2n) is 3.86. The van der Waals surface area contributed by atoms with E-state index in [0.717, 1.165) is 18.9 Å². The molecule has 0 aromatic carbocycles. The SMILES string of the molecule is COCC(=O)N1CCN(c2cnccn2)CC1. The number of nitrogens with zero attached hydrogens (tertiary/aromatic N) is 4. The lowest BCUT2D eigenvalue weighted by atomic mass is 10.3. The molecule has 0 saturated carbocycles. The Morgan fingerprint density at radius 1 is 1.35 bits per heavy atom. The molecule has 0 spiro atoms. The van der Waals surface area contributed by atoms with Gasteiger partial charge in [0.15, 0.2) is 0 Å². The first kappa shape index (κ1) is 11.8. The summed E-state index contributed by atoms with van der Waals surface area (Å²) >= 11 is 0.